The van der Waals surface area contributed by atoms with Gasteiger partial charge in [0.15, 0.2) is 5.82 Å². The maximum Gasteiger partial charge on any atom is 0.257 e. The first-order valence-corrected chi connectivity index (χ1v) is 13.2. The molecule has 1 aliphatic rings. The molecule has 4 rings (SSSR count). The summed E-state index contributed by atoms with van der Waals surface area (Å²) in [5.41, 5.74) is 2.65. The molecule has 212 valence electrons. The molecule has 2 N–H and O–H groups in total. The normalized spacial score (nSPS) is 16.4. The number of hydrogen-bond acceptors (Lipinski definition) is 6. The second kappa shape index (κ2) is 12.4. The van der Waals surface area contributed by atoms with Crippen LogP contribution >= 0.6 is 0 Å². The molecule has 2 heterocycles. The van der Waals surface area contributed by atoms with Gasteiger partial charge in [-0.25, -0.2) is 4.39 Å². The minimum absolute atomic E-state index is 0.0261. The molecule has 1 fully saturated rings. The molecule has 1 aliphatic heterocycles. The Hall–Kier alpha value is -4.02. The zero-order valence-electron chi connectivity index (χ0n) is 23.4. The molecule has 0 bridgehead atoms. The first-order chi connectivity index (χ1) is 19.1. The number of aliphatic hydroxyl groups is 1. The Balaban J connectivity index is 1.60. The molecule has 2 amide bonds. The third-order valence-electron chi connectivity index (χ3n) is 7.21. The Bertz CT molecular complexity index is 1400. The van der Waals surface area contributed by atoms with Crippen LogP contribution in [-0.2, 0) is 18.4 Å². The predicted molar refractivity (Wildman–Crippen MR) is 151 cm³/mol. The molecule has 2 atom stereocenters. The predicted octanol–water partition coefficient (Wildman–Crippen LogP) is 3.76. The zero-order valence-corrected chi connectivity index (χ0v) is 23.4. The number of benzene rings is 2. The smallest absolute Gasteiger partial charge is 0.257 e. The number of hydrogen-bond donors (Lipinski definition) is 2. The highest BCUT2D eigenvalue weighted by Gasteiger charge is 2.29. The van der Waals surface area contributed by atoms with Crippen molar-refractivity contribution in [3.63, 3.8) is 0 Å². The van der Waals surface area contributed by atoms with Crippen LogP contribution in [0.3, 0.4) is 0 Å². The van der Waals surface area contributed by atoms with Crippen molar-refractivity contribution in [1.82, 2.24) is 19.6 Å². The molecule has 0 aliphatic carbocycles. The van der Waals surface area contributed by atoms with Crippen molar-refractivity contribution in [2.24, 2.45) is 7.05 Å². The Kier molecular flexibility index (Phi) is 9.01. The molecule has 0 saturated carbocycles. The van der Waals surface area contributed by atoms with Crippen LogP contribution in [-0.4, -0.2) is 68.7 Å². The van der Waals surface area contributed by atoms with Crippen LogP contribution in [0.5, 0.6) is 5.75 Å². The molecule has 40 heavy (non-hydrogen) atoms. The first-order valence-electron chi connectivity index (χ1n) is 13.2. The van der Waals surface area contributed by atoms with E-state index in [-0.39, 0.29) is 30.3 Å². The molecule has 2 aromatic carbocycles. The lowest BCUT2D eigenvalue weighted by atomic mass is 10.0. The topological polar surface area (TPSA) is 99.9 Å². The molecule has 10 heteroatoms. The third kappa shape index (κ3) is 6.57. The van der Waals surface area contributed by atoms with Crippen molar-refractivity contribution in [1.29, 1.82) is 0 Å². The van der Waals surface area contributed by atoms with Crippen molar-refractivity contribution in [2.75, 3.05) is 31.5 Å². The van der Waals surface area contributed by atoms with E-state index in [0.717, 1.165) is 0 Å². The van der Waals surface area contributed by atoms with Gasteiger partial charge in [0.25, 0.3) is 5.91 Å². The Morgan fingerprint density at radius 1 is 1.23 bits per heavy atom. The fraction of sp³-hybridized carbons (Fsp3) is 0.367. The number of nitrogens with one attached hydrogen (secondary N) is 1. The van der Waals surface area contributed by atoms with Crippen LogP contribution in [0, 0.1) is 19.7 Å². The number of nitrogens with zero attached hydrogens (tertiary/aromatic N) is 4. The van der Waals surface area contributed by atoms with E-state index >= 15 is 0 Å². The van der Waals surface area contributed by atoms with Crippen molar-refractivity contribution >= 4 is 17.6 Å². The summed E-state index contributed by atoms with van der Waals surface area (Å²) in [5, 5.41) is 17.1. The SMILES string of the molecule is C=CC(=O)N1CCN(C[C@@H](Oc2cc(C)c(C(=O)Nc3ccn(C)n3)cc2CO)c2ccc(C)c(F)c2)C[C@H]1C. The van der Waals surface area contributed by atoms with Gasteiger partial charge >= 0.3 is 0 Å². The average Bonchev–Trinajstić information content (AvgIpc) is 3.33. The van der Waals surface area contributed by atoms with Crippen LogP contribution in [0.1, 0.15) is 45.6 Å². The highest BCUT2D eigenvalue weighted by Crippen LogP contribution is 2.31. The summed E-state index contributed by atoms with van der Waals surface area (Å²) in [7, 11) is 1.76. The van der Waals surface area contributed by atoms with Gasteiger partial charge in [0, 0.05) is 62.7 Å². The summed E-state index contributed by atoms with van der Waals surface area (Å²) < 4.78 is 22.7. The first kappa shape index (κ1) is 29.0. The van der Waals surface area contributed by atoms with Gasteiger partial charge in [-0.2, -0.15) is 5.10 Å². The van der Waals surface area contributed by atoms with Gasteiger partial charge in [0.2, 0.25) is 5.91 Å². The maximum atomic E-state index is 14.6. The number of rotatable bonds is 9. The lowest BCUT2D eigenvalue weighted by molar-refractivity contribution is -0.130. The van der Waals surface area contributed by atoms with E-state index in [4.69, 9.17) is 4.74 Å². The van der Waals surface area contributed by atoms with E-state index in [1.54, 1.807) is 60.9 Å². The summed E-state index contributed by atoms with van der Waals surface area (Å²) in [6.07, 6.45) is 2.48. The fourth-order valence-electron chi connectivity index (χ4n) is 4.92. The Morgan fingerprint density at radius 2 is 2.00 bits per heavy atom. The number of amides is 2. The number of anilines is 1. The number of halogens is 1. The minimum atomic E-state index is -0.568. The van der Waals surface area contributed by atoms with E-state index < -0.39 is 6.10 Å². The van der Waals surface area contributed by atoms with Crippen molar-refractivity contribution in [3.05, 3.63) is 88.9 Å². The lowest BCUT2D eigenvalue weighted by Gasteiger charge is -2.40. The van der Waals surface area contributed by atoms with Gasteiger partial charge in [0.05, 0.1) is 6.61 Å². The maximum absolute atomic E-state index is 14.6. The van der Waals surface area contributed by atoms with Gasteiger partial charge in [-0.1, -0.05) is 18.7 Å². The van der Waals surface area contributed by atoms with Gasteiger partial charge in [-0.05, 0) is 61.7 Å². The number of aromatic nitrogens is 2. The average molecular weight is 550 g/mol. The number of aryl methyl sites for hydroxylation is 3. The summed E-state index contributed by atoms with van der Waals surface area (Å²) in [4.78, 5) is 29.1. The molecule has 3 aromatic rings. The molecule has 9 nitrogen and oxygen atoms in total. The van der Waals surface area contributed by atoms with E-state index in [0.29, 0.717) is 65.6 Å². The molecule has 1 saturated heterocycles. The number of piperazine rings is 1. The minimum Gasteiger partial charge on any atom is -0.484 e. The van der Waals surface area contributed by atoms with Crippen molar-refractivity contribution in [3.8, 4) is 5.75 Å². The summed E-state index contributed by atoms with van der Waals surface area (Å²) in [6.45, 7) is 10.9. The standard InChI is InChI=1S/C30H36FN5O4/c1-6-29(38)36-12-11-35(16-21(36)4)17-27(22-8-7-19(2)25(31)15-22)40-26-13-20(3)24(14-23(26)18-37)30(39)32-28-9-10-34(5)33-28/h6-10,13-15,21,27,37H,1,11-12,16-18H2,2-5H3,(H,32,33,39)/t21-,27-/m1/s1. The molecule has 0 radical (unpaired) electrons. The third-order valence-corrected chi connectivity index (χ3v) is 7.21. The van der Waals surface area contributed by atoms with E-state index in [1.807, 2.05) is 13.0 Å². The van der Waals surface area contributed by atoms with Crippen LogP contribution < -0.4 is 10.1 Å². The number of carbonyl (C=O) groups excluding carboxylic acids is 2. The Labute approximate surface area is 233 Å². The van der Waals surface area contributed by atoms with Crippen LogP contribution in [0.25, 0.3) is 0 Å². The van der Waals surface area contributed by atoms with Gasteiger partial charge in [-0.3, -0.25) is 19.2 Å². The van der Waals surface area contributed by atoms with E-state index in [1.165, 1.54) is 12.1 Å². The largest absolute Gasteiger partial charge is 0.484 e. The van der Waals surface area contributed by atoms with Crippen molar-refractivity contribution in [2.45, 2.75) is 39.5 Å². The molecule has 0 unspecified atom stereocenters. The van der Waals surface area contributed by atoms with Crippen LogP contribution in [0.4, 0.5) is 10.2 Å². The van der Waals surface area contributed by atoms with Crippen LogP contribution in [0.2, 0.25) is 0 Å². The Morgan fingerprint density at radius 3 is 2.62 bits per heavy atom. The quantitative estimate of drug-likeness (QED) is 0.395. The van der Waals surface area contributed by atoms with E-state index in [9.17, 15) is 19.1 Å². The summed E-state index contributed by atoms with van der Waals surface area (Å²) >= 11 is 0. The fourth-order valence-corrected chi connectivity index (χ4v) is 4.92. The lowest BCUT2D eigenvalue weighted by Crippen LogP contribution is -2.54. The van der Waals surface area contributed by atoms with Gasteiger partial charge in [0.1, 0.15) is 17.7 Å². The second-order valence-electron chi connectivity index (χ2n) is 10.2. The molecular weight excluding hydrogens is 513 g/mol. The van der Waals surface area contributed by atoms with Gasteiger partial charge in [-0.15, -0.1) is 0 Å². The van der Waals surface area contributed by atoms with E-state index in [2.05, 4.69) is 21.9 Å². The molecule has 1 aromatic heterocycles. The summed E-state index contributed by atoms with van der Waals surface area (Å²) in [5.74, 6) is 0.0459. The van der Waals surface area contributed by atoms with Crippen LogP contribution in [0.15, 0.2) is 55.3 Å². The monoisotopic (exact) mass is 549 g/mol. The number of ether oxygens (including phenoxy) is 1. The zero-order chi connectivity index (χ0) is 29.0. The highest BCUT2D eigenvalue weighted by atomic mass is 19.1. The second-order valence-corrected chi connectivity index (χ2v) is 10.2. The van der Waals surface area contributed by atoms with Crippen molar-refractivity contribution < 1.29 is 23.8 Å². The molecular formula is C30H36FN5O4. The summed E-state index contributed by atoms with van der Waals surface area (Å²) in [6, 6.07) is 10.0. The highest BCUT2D eigenvalue weighted by molar-refractivity contribution is 6.05. The number of aliphatic hydroxyl groups excluding tert-OH is 1. The molecule has 0 spiro atoms. The van der Waals surface area contributed by atoms with Gasteiger partial charge < -0.3 is 20.1 Å². The number of carbonyl (C=O) groups is 2.